The van der Waals surface area contributed by atoms with Crippen molar-refractivity contribution in [2.24, 2.45) is 0 Å². The van der Waals surface area contributed by atoms with Crippen LogP contribution in [0.4, 0.5) is 0 Å². The smallest absolute Gasteiger partial charge is 0.187 e. The molecule has 0 spiro atoms. The molecule has 1 aliphatic heterocycles. The second kappa shape index (κ2) is 7.21. The minimum Gasteiger partial charge on any atom is -0.394 e. The standard InChI is InChI=1S/C12H22O11/c13-1-2-3(14)4(15)10(21)12(22-2)23-11-8(19)6(17)5(16)7(18)9(11)20/h2-21H,1H2/t2-,3-,4+,5?,6-,7-,8+,9+,10-,11?,12+/m1/s1. The lowest BCUT2D eigenvalue weighted by Gasteiger charge is -2.45. The van der Waals surface area contributed by atoms with Gasteiger partial charge in [-0.2, -0.15) is 0 Å². The van der Waals surface area contributed by atoms with Gasteiger partial charge in [0.1, 0.15) is 61.0 Å². The molecule has 1 saturated heterocycles. The molecule has 9 atom stereocenters. The van der Waals surface area contributed by atoms with Gasteiger partial charge in [-0.3, -0.25) is 0 Å². The van der Waals surface area contributed by atoms with Crippen LogP contribution in [-0.2, 0) is 9.47 Å². The summed E-state index contributed by atoms with van der Waals surface area (Å²) in [6, 6.07) is 0. The third-order valence-electron chi connectivity index (χ3n) is 4.21. The first-order valence-corrected chi connectivity index (χ1v) is 7.07. The van der Waals surface area contributed by atoms with E-state index in [9.17, 15) is 40.9 Å². The zero-order valence-corrected chi connectivity index (χ0v) is 11.9. The number of rotatable bonds is 3. The maximum absolute atomic E-state index is 9.85. The Balaban J connectivity index is 2.13. The molecule has 11 nitrogen and oxygen atoms in total. The normalized spacial score (nSPS) is 54.9. The lowest BCUT2D eigenvalue weighted by Crippen LogP contribution is -2.67. The fourth-order valence-electron chi connectivity index (χ4n) is 2.69. The Hall–Kier alpha value is -0.440. The van der Waals surface area contributed by atoms with E-state index >= 15 is 0 Å². The van der Waals surface area contributed by atoms with Crippen LogP contribution in [0.5, 0.6) is 0 Å². The highest BCUT2D eigenvalue weighted by atomic mass is 16.7. The summed E-state index contributed by atoms with van der Waals surface area (Å²) in [6.07, 6.45) is -18.9. The Labute approximate surface area is 130 Å². The van der Waals surface area contributed by atoms with Crippen molar-refractivity contribution < 1.29 is 55.4 Å². The summed E-state index contributed by atoms with van der Waals surface area (Å²) in [5, 5.41) is 86.6. The van der Waals surface area contributed by atoms with E-state index in [0.29, 0.717) is 0 Å². The molecule has 2 fully saturated rings. The molecule has 23 heavy (non-hydrogen) atoms. The first kappa shape index (κ1) is 18.9. The van der Waals surface area contributed by atoms with Crippen molar-refractivity contribution in [3.8, 4) is 0 Å². The largest absolute Gasteiger partial charge is 0.394 e. The summed E-state index contributed by atoms with van der Waals surface area (Å²) in [7, 11) is 0. The molecular formula is C12H22O11. The summed E-state index contributed by atoms with van der Waals surface area (Å²) < 4.78 is 10.2. The van der Waals surface area contributed by atoms with Gasteiger partial charge >= 0.3 is 0 Å². The highest BCUT2D eigenvalue weighted by Crippen LogP contribution is 2.29. The van der Waals surface area contributed by atoms with Gasteiger partial charge in [0, 0.05) is 0 Å². The Bertz CT molecular complexity index is 377. The van der Waals surface area contributed by atoms with E-state index in [1.54, 1.807) is 0 Å². The summed E-state index contributed by atoms with van der Waals surface area (Å²) in [5.74, 6) is 0. The molecule has 0 amide bonds. The molecule has 9 N–H and O–H groups in total. The van der Waals surface area contributed by atoms with Gasteiger partial charge in [0.25, 0.3) is 0 Å². The van der Waals surface area contributed by atoms with Crippen LogP contribution in [0.2, 0.25) is 0 Å². The molecule has 0 radical (unpaired) electrons. The van der Waals surface area contributed by atoms with E-state index in [4.69, 9.17) is 14.6 Å². The van der Waals surface area contributed by atoms with Crippen LogP contribution in [0.25, 0.3) is 0 Å². The first-order valence-electron chi connectivity index (χ1n) is 7.07. The fourth-order valence-corrected chi connectivity index (χ4v) is 2.69. The predicted octanol–water partition coefficient (Wildman–Crippen LogP) is -6.01. The molecule has 0 aromatic rings. The van der Waals surface area contributed by atoms with E-state index in [-0.39, 0.29) is 0 Å². The number of ether oxygens (including phenoxy) is 2. The molecule has 1 heterocycles. The number of hydrogen-bond donors (Lipinski definition) is 9. The summed E-state index contributed by atoms with van der Waals surface area (Å²) in [6.45, 7) is -0.704. The minimum absolute atomic E-state index is 0.704. The van der Waals surface area contributed by atoms with Crippen LogP contribution >= 0.6 is 0 Å². The highest BCUT2D eigenvalue weighted by Gasteiger charge is 2.52. The van der Waals surface area contributed by atoms with Crippen molar-refractivity contribution >= 4 is 0 Å². The van der Waals surface area contributed by atoms with Crippen LogP contribution in [0.1, 0.15) is 0 Å². The van der Waals surface area contributed by atoms with E-state index in [2.05, 4.69) is 0 Å². The SMILES string of the molecule is OC[C@H]1O[C@@H](OC2[C@@H](O)[C@H](O)C(O)[C@@H](O)[C@@H]2O)[C@H](O)[C@@H](O)[C@@H]1O. The van der Waals surface area contributed by atoms with E-state index < -0.39 is 73.9 Å². The van der Waals surface area contributed by atoms with Crippen molar-refractivity contribution in [3.05, 3.63) is 0 Å². The zero-order valence-electron chi connectivity index (χ0n) is 11.9. The number of aliphatic hydroxyl groups excluding tert-OH is 9. The van der Waals surface area contributed by atoms with Crippen LogP contribution in [0.3, 0.4) is 0 Å². The molecule has 0 bridgehead atoms. The van der Waals surface area contributed by atoms with Crippen LogP contribution < -0.4 is 0 Å². The van der Waals surface area contributed by atoms with Crippen molar-refractivity contribution in [2.75, 3.05) is 6.61 Å². The molecule has 1 aliphatic carbocycles. The van der Waals surface area contributed by atoms with Crippen molar-refractivity contribution in [1.82, 2.24) is 0 Å². The van der Waals surface area contributed by atoms with Gasteiger partial charge in [0.05, 0.1) is 6.61 Å². The number of hydrogen-bond acceptors (Lipinski definition) is 11. The molecule has 136 valence electrons. The van der Waals surface area contributed by atoms with Gasteiger partial charge in [0.15, 0.2) is 6.29 Å². The van der Waals surface area contributed by atoms with Gasteiger partial charge in [-0.05, 0) is 0 Å². The average molecular weight is 342 g/mol. The van der Waals surface area contributed by atoms with Crippen molar-refractivity contribution in [2.45, 2.75) is 67.3 Å². The zero-order chi connectivity index (χ0) is 17.5. The molecule has 2 aliphatic rings. The topological polar surface area (TPSA) is 201 Å². The second-order valence-electron chi connectivity index (χ2n) is 5.75. The van der Waals surface area contributed by atoms with Crippen molar-refractivity contribution in [1.29, 1.82) is 0 Å². The first-order chi connectivity index (χ1) is 10.7. The minimum atomic E-state index is -1.83. The molecule has 0 aromatic carbocycles. The van der Waals surface area contributed by atoms with Gasteiger partial charge in [0.2, 0.25) is 0 Å². The summed E-state index contributed by atoms with van der Waals surface area (Å²) in [4.78, 5) is 0. The lowest BCUT2D eigenvalue weighted by molar-refractivity contribution is -0.339. The second-order valence-corrected chi connectivity index (χ2v) is 5.75. The van der Waals surface area contributed by atoms with Gasteiger partial charge < -0.3 is 55.4 Å². The monoisotopic (exact) mass is 342 g/mol. The van der Waals surface area contributed by atoms with E-state index in [1.165, 1.54) is 0 Å². The van der Waals surface area contributed by atoms with E-state index in [0.717, 1.165) is 0 Å². The molecule has 0 unspecified atom stereocenters. The van der Waals surface area contributed by atoms with Crippen LogP contribution in [-0.4, -0.2) is 120 Å². The fraction of sp³-hybridized carbons (Fsp3) is 1.00. The Morgan fingerprint density at radius 2 is 1.04 bits per heavy atom. The van der Waals surface area contributed by atoms with Crippen LogP contribution in [0.15, 0.2) is 0 Å². The predicted molar refractivity (Wildman–Crippen MR) is 68.7 cm³/mol. The Kier molecular flexibility index (Phi) is 5.92. The van der Waals surface area contributed by atoms with Crippen LogP contribution in [0, 0.1) is 0 Å². The molecule has 2 rings (SSSR count). The Morgan fingerprint density at radius 1 is 0.609 bits per heavy atom. The quantitative estimate of drug-likeness (QED) is 0.236. The molecular weight excluding hydrogens is 320 g/mol. The third-order valence-corrected chi connectivity index (χ3v) is 4.21. The highest BCUT2D eigenvalue weighted by molar-refractivity contribution is 5.00. The van der Waals surface area contributed by atoms with Gasteiger partial charge in [-0.25, -0.2) is 0 Å². The molecule has 0 aromatic heterocycles. The summed E-state index contributed by atoms with van der Waals surface area (Å²) >= 11 is 0. The van der Waals surface area contributed by atoms with Gasteiger partial charge in [-0.1, -0.05) is 0 Å². The lowest BCUT2D eigenvalue weighted by atomic mass is 9.84. The van der Waals surface area contributed by atoms with Crippen molar-refractivity contribution in [3.63, 3.8) is 0 Å². The maximum atomic E-state index is 9.85. The third kappa shape index (κ3) is 3.36. The van der Waals surface area contributed by atoms with Gasteiger partial charge in [-0.15, -0.1) is 0 Å². The summed E-state index contributed by atoms with van der Waals surface area (Å²) in [5.41, 5.74) is 0. The molecule has 11 heteroatoms. The molecule has 1 saturated carbocycles. The number of aliphatic hydroxyl groups is 9. The van der Waals surface area contributed by atoms with E-state index in [1.807, 2.05) is 0 Å². The maximum Gasteiger partial charge on any atom is 0.187 e. The average Bonchev–Trinajstić information content (AvgIpc) is 2.54. The Morgan fingerprint density at radius 3 is 1.52 bits per heavy atom.